The van der Waals surface area contributed by atoms with Crippen LogP contribution in [0.1, 0.15) is 19.4 Å². The molecule has 0 heterocycles. The molecule has 5 nitrogen and oxygen atoms in total. The maximum Gasteiger partial charge on any atom is 0.323 e. The van der Waals surface area contributed by atoms with Gasteiger partial charge in [0, 0.05) is 0 Å². The van der Waals surface area contributed by atoms with Crippen LogP contribution in [0, 0.1) is 0 Å². The summed E-state index contributed by atoms with van der Waals surface area (Å²) in [6.07, 6.45) is 0.0427. The zero-order valence-electron chi connectivity index (χ0n) is 10.3. The van der Waals surface area contributed by atoms with E-state index in [0.717, 1.165) is 0 Å². The maximum absolute atomic E-state index is 11.5. The van der Waals surface area contributed by atoms with E-state index in [9.17, 15) is 9.90 Å². The SMILES string of the molecule is CC(C)OC(=O)[C@@H](N)Cc1ccc(O)c(O)c1.Cl. The Kier molecular flexibility index (Phi) is 6.51. The largest absolute Gasteiger partial charge is 0.504 e. The van der Waals surface area contributed by atoms with Crippen LogP contribution in [-0.2, 0) is 16.0 Å². The number of hydrogen-bond donors (Lipinski definition) is 3. The first-order valence-corrected chi connectivity index (χ1v) is 5.37. The normalized spacial score (nSPS) is 11.8. The lowest BCUT2D eigenvalue weighted by Crippen LogP contribution is -2.35. The van der Waals surface area contributed by atoms with E-state index in [2.05, 4.69) is 0 Å². The number of carbonyl (C=O) groups excluding carboxylic acids is 1. The number of nitrogens with two attached hydrogens (primary N) is 1. The van der Waals surface area contributed by atoms with Crippen molar-refractivity contribution < 1.29 is 19.7 Å². The van der Waals surface area contributed by atoms with Crippen LogP contribution in [0.3, 0.4) is 0 Å². The molecule has 0 aliphatic rings. The minimum atomic E-state index is -0.777. The number of esters is 1. The Labute approximate surface area is 112 Å². The van der Waals surface area contributed by atoms with Gasteiger partial charge in [-0.25, -0.2) is 0 Å². The quantitative estimate of drug-likeness (QED) is 0.570. The molecule has 0 unspecified atom stereocenters. The highest BCUT2D eigenvalue weighted by atomic mass is 35.5. The Morgan fingerprint density at radius 2 is 1.94 bits per heavy atom. The summed E-state index contributed by atoms with van der Waals surface area (Å²) in [5.41, 5.74) is 6.33. The smallest absolute Gasteiger partial charge is 0.323 e. The third-order valence-corrected chi connectivity index (χ3v) is 2.15. The maximum atomic E-state index is 11.5. The monoisotopic (exact) mass is 275 g/mol. The van der Waals surface area contributed by atoms with Crippen LogP contribution in [-0.4, -0.2) is 28.3 Å². The Morgan fingerprint density at radius 3 is 2.44 bits per heavy atom. The van der Waals surface area contributed by atoms with E-state index in [1.165, 1.54) is 12.1 Å². The zero-order chi connectivity index (χ0) is 13.0. The molecule has 0 saturated carbocycles. The third-order valence-electron chi connectivity index (χ3n) is 2.15. The van der Waals surface area contributed by atoms with E-state index < -0.39 is 12.0 Å². The van der Waals surface area contributed by atoms with Gasteiger partial charge in [-0.05, 0) is 38.0 Å². The van der Waals surface area contributed by atoms with Gasteiger partial charge in [-0.15, -0.1) is 12.4 Å². The molecule has 0 spiro atoms. The molecule has 4 N–H and O–H groups in total. The molecular formula is C12H18ClNO4. The van der Waals surface area contributed by atoms with Crippen LogP contribution in [0.5, 0.6) is 11.5 Å². The van der Waals surface area contributed by atoms with Gasteiger partial charge in [0.05, 0.1) is 6.10 Å². The molecule has 0 bridgehead atoms. The highest BCUT2D eigenvalue weighted by molar-refractivity contribution is 5.85. The molecule has 0 aliphatic heterocycles. The molecule has 18 heavy (non-hydrogen) atoms. The first-order chi connectivity index (χ1) is 7.90. The summed E-state index contributed by atoms with van der Waals surface area (Å²) in [4.78, 5) is 11.5. The van der Waals surface area contributed by atoms with Crippen LogP contribution in [0.2, 0.25) is 0 Å². The lowest BCUT2D eigenvalue weighted by molar-refractivity contribution is -0.148. The standard InChI is InChI=1S/C12H17NO4.ClH/c1-7(2)17-12(16)9(13)5-8-3-4-10(14)11(15)6-8;/h3-4,6-7,9,14-15H,5,13H2,1-2H3;1H/t9-;/m0./s1. The molecule has 6 heteroatoms. The van der Waals surface area contributed by atoms with Crippen molar-refractivity contribution in [2.75, 3.05) is 0 Å². The lowest BCUT2D eigenvalue weighted by Gasteiger charge is -2.14. The number of hydrogen-bond acceptors (Lipinski definition) is 5. The minimum Gasteiger partial charge on any atom is -0.504 e. The first-order valence-electron chi connectivity index (χ1n) is 5.37. The van der Waals surface area contributed by atoms with Crippen molar-refractivity contribution in [1.82, 2.24) is 0 Å². The molecule has 0 saturated heterocycles. The van der Waals surface area contributed by atoms with Crippen molar-refractivity contribution in [3.05, 3.63) is 23.8 Å². The van der Waals surface area contributed by atoms with Crippen molar-refractivity contribution in [2.45, 2.75) is 32.4 Å². The fourth-order valence-electron chi connectivity index (χ4n) is 1.35. The first kappa shape index (κ1) is 16.5. The molecular weight excluding hydrogens is 258 g/mol. The van der Waals surface area contributed by atoms with Gasteiger partial charge < -0.3 is 20.7 Å². The van der Waals surface area contributed by atoms with E-state index >= 15 is 0 Å². The molecule has 1 rings (SSSR count). The number of halogens is 1. The number of benzene rings is 1. The van der Waals surface area contributed by atoms with Gasteiger partial charge in [-0.3, -0.25) is 4.79 Å². The second kappa shape index (κ2) is 7.08. The van der Waals surface area contributed by atoms with Gasteiger partial charge in [0.1, 0.15) is 6.04 Å². The highest BCUT2D eigenvalue weighted by Crippen LogP contribution is 2.25. The Balaban J connectivity index is 0.00000289. The molecule has 0 radical (unpaired) electrons. The Hall–Kier alpha value is -1.46. The summed E-state index contributed by atoms with van der Waals surface area (Å²) in [7, 11) is 0. The van der Waals surface area contributed by atoms with Gasteiger partial charge >= 0.3 is 5.97 Å². The number of ether oxygens (including phenoxy) is 1. The summed E-state index contributed by atoms with van der Waals surface area (Å²) in [5.74, 6) is -0.911. The van der Waals surface area contributed by atoms with Gasteiger partial charge in [0.15, 0.2) is 11.5 Å². The minimum absolute atomic E-state index is 0. The van der Waals surface area contributed by atoms with Gasteiger partial charge in [-0.2, -0.15) is 0 Å². The summed E-state index contributed by atoms with van der Waals surface area (Å²) in [6, 6.07) is 3.54. The Morgan fingerprint density at radius 1 is 1.33 bits per heavy atom. The van der Waals surface area contributed by atoms with E-state index in [0.29, 0.717) is 5.56 Å². The number of phenols is 2. The summed E-state index contributed by atoms with van der Waals surface area (Å²) >= 11 is 0. The number of rotatable bonds is 4. The average molecular weight is 276 g/mol. The number of carbonyl (C=O) groups is 1. The van der Waals surface area contributed by atoms with Crippen molar-refractivity contribution in [3.63, 3.8) is 0 Å². The average Bonchev–Trinajstić information content (AvgIpc) is 2.22. The number of aromatic hydroxyl groups is 2. The van der Waals surface area contributed by atoms with E-state index in [-0.39, 0.29) is 36.4 Å². The van der Waals surface area contributed by atoms with Crippen LogP contribution < -0.4 is 5.73 Å². The summed E-state index contributed by atoms with van der Waals surface area (Å²) < 4.78 is 4.96. The van der Waals surface area contributed by atoms with Crippen LogP contribution >= 0.6 is 12.4 Å². The third kappa shape index (κ3) is 4.81. The van der Waals surface area contributed by atoms with Gasteiger partial charge in [-0.1, -0.05) is 6.07 Å². The van der Waals surface area contributed by atoms with E-state index in [1.807, 2.05) is 0 Å². The van der Waals surface area contributed by atoms with Crippen molar-refractivity contribution in [1.29, 1.82) is 0 Å². The highest BCUT2D eigenvalue weighted by Gasteiger charge is 2.17. The van der Waals surface area contributed by atoms with E-state index in [4.69, 9.17) is 15.6 Å². The van der Waals surface area contributed by atoms with Crippen LogP contribution in [0.15, 0.2) is 18.2 Å². The number of phenolic OH excluding ortho intramolecular Hbond substituents is 2. The molecule has 0 aliphatic carbocycles. The van der Waals surface area contributed by atoms with Gasteiger partial charge in [0.25, 0.3) is 0 Å². The fraction of sp³-hybridized carbons (Fsp3) is 0.417. The molecule has 1 aromatic carbocycles. The molecule has 1 aromatic rings. The zero-order valence-corrected chi connectivity index (χ0v) is 11.1. The Bertz CT molecular complexity index is 409. The molecule has 0 aromatic heterocycles. The van der Waals surface area contributed by atoms with Crippen molar-refractivity contribution in [3.8, 4) is 11.5 Å². The lowest BCUT2D eigenvalue weighted by atomic mass is 10.1. The van der Waals surface area contributed by atoms with Crippen LogP contribution in [0.4, 0.5) is 0 Å². The van der Waals surface area contributed by atoms with E-state index in [1.54, 1.807) is 19.9 Å². The molecule has 1 atom stereocenters. The molecule has 102 valence electrons. The van der Waals surface area contributed by atoms with Gasteiger partial charge in [0.2, 0.25) is 0 Å². The van der Waals surface area contributed by atoms with Crippen molar-refractivity contribution >= 4 is 18.4 Å². The summed E-state index contributed by atoms with van der Waals surface area (Å²) in [5, 5.41) is 18.4. The predicted molar refractivity (Wildman–Crippen MR) is 69.9 cm³/mol. The molecule has 0 amide bonds. The second-order valence-electron chi connectivity index (χ2n) is 4.12. The fourth-order valence-corrected chi connectivity index (χ4v) is 1.35. The second-order valence-corrected chi connectivity index (χ2v) is 4.12. The molecule has 0 fully saturated rings. The van der Waals surface area contributed by atoms with Crippen LogP contribution in [0.25, 0.3) is 0 Å². The summed E-state index contributed by atoms with van der Waals surface area (Å²) in [6.45, 7) is 3.49. The van der Waals surface area contributed by atoms with Crippen molar-refractivity contribution in [2.24, 2.45) is 5.73 Å². The topological polar surface area (TPSA) is 92.8 Å². The predicted octanol–water partition coefficient (Wildman–Crippen LogP) is 1.34.